The molecule has 2 aromatic heterocycles. The molecule has 0 spiro atoms. The van der Waals surface area contributed by atoms with E-state index >= 15 is 0 Å². The average molecular weight is 269 g/mol. The summed E-state index contributed by atoms with van der Waals surface area (Å²) in [5.74, 6) is 1.06. The molecule has 1 unspecified atom stereocenters. The van der Waals surface area contributed by atoms with Crippen LogP contribution in [-0.2, 0) is 9.84 Å². The fraction of sp³-hybridized carbons (Fsp3) is 0.444. The number of nitrogen functional groups attached to an aromatic ring is 1. The molecule has 3 rings (SSSR count). The van der Waals surface area contributed by atoms with Crippen LogP contribution in [0.2, 0.25) is 0 Å². The van der Waals surface area contributed by atoms with Crippen LogP contribution < -0.4 is 5.73 Å². The lowest BCUT2D eigenvalue weighted by molar-refractivity contribution is 0.418. The maximum Gasteiger partial charge on any atom is 0.263 e. The molecule has 9 heteroatoms. The molecule has 0 amide bonds. The maximum atomic E-state index is 11.4. The van der Waals surface area contributed by atoms with Crippen LogP contribution in [0.4, 0.5) is 5.82 Å². The van der Waals surface area contributed by atoms with Gasteiger partial charge < -0.3 is 10.3 Å². The number of nitrogens with two attached hydrogens (primary N) is 1. The third kappa shape index (κ3) is 1.86. The van der Waals surface area contributed by atoms with E-state index in [1.807, 2.05) is 0 Å². The Morgan fingerprint density at radius 2 is 2.33 bits per heavy atom. The summed E-state index contributed by atoms with van der Waals surface area (Å²) in [6.45, 7) is 0. The SMILES string of the molecule is Nc1[nH]ncc1-c1nc(C2CCS(=O)(=O)C2)no1. The Morgan fingerprint density at radius 3 is 2.94 bits per heavy atom. The predicted molar refractivity (Wildman–Crippen MR) is 62.3 cm³/mol. The van der Waals surface area contributed by atoms with Gasteiger partial charge in [0.2, 0.25) is 0 Å². The Balaban J connectivity index is 1.89. The number of aromatic amines is 1. The Hall–Kier alpha value is -1.90. The first-order chi connectivity index (χ1) is 8.55. The van der Waals surface area contributed by atoms with Crippen molar-refractivity contribution in [1.82, 2.24) is 20.3 Å². The van der Waals surface area contributed by atoms with Gasteiger partial charge in [-0.15, -0.1) is 0 Å². The summed E-state index contributed by atoms with van der Waals surface area (Å²) < 4.78 is 27.8. The van der Waals surface area contributed by atoms with Crippen LogP contribution in [0.25, 0.3) is 11.5 Å². The minimum Gasteiger partial charge on any atom is -0.383 e. The van der Waals surface area contributed by atoms with Crippen LogP contribution in [-0.4, -0.2) is 40.3 Å². The molecule has 3 heterocycles. The first-order valence-electron chi connectivity index (χ1n) is 5.38. The Morgan fingerprint density at radius 1 is 1.50 bits per heavy atom. The van der Waals surface area contributed by atoms with E-state index in [4.69, 9.17) is 10.3 Å². The smallest absolute Gasteiger partial charge is 0.263 e. The minimum absolute atomic E-state index is 0.0762. The van der Waals surface area contributed by atoms with Gasteiger partial charge in [0.1, 0.15) is 11.4 Å². The van der Waals surface area contributed by atoms with Crippen LogP contribution in [0, 0.1) is 0 Å². The van der Waals surface area contributed by atoms with Crippen LogP contribution in [0.15, 0.2) is 10.7 Å². The molecule has 96 valence electrons. The summed E-state index contributed by atoms with van der Waals surface area (Å²) in [4.78, 5) is 4.18. The van der Waals surface area contributed by atoms with E-state index < -0.39 is 9.84 Å². The molecular weight excluding hydrogens is 258 g/mol. The van der Waals surface area contributed by atoms with Gasteiger partial charge in [-0.05, 0) is 6.42 Å². The third-order valence-electron chi connectivity index (χ3n) is 2.94. The number of anilines is 1. The molecule has 2 aromatic rings. The summed E-state index contributed by atoms with van der Waals surface area (Å²) in [6.07, 6.45) is 2.01. The number of aromatic nitrogens is 4. The molecule has 1 saturated heterocycles. The van der Waals surface area contributed by atoms with Gasteiger partial charge in [0, 0.05) is 5.92 Å². The summed E-state index contributed by atoms with van der Waals surface area (Å²) in [5, 5.41) is 10.1. The van der Waals surface area contributed by atoms with Crippen molar-refractivity contribution < 1.29 is 12.9 Å². The highest BCUT2D eigenvalue weighted by molar-refractivity contribution is 7.91. The topological polar surface area (TPSA) is 128 Å². The van der Waals surface area contributed by atoms with Crippen LogP contribution in [0.5, 0.6) is 0 Å². The minimum atomic E-state index is -2.96. The van der Waals surface area contributed by atoms with E-state index in [0.29, 0.717) is 23.6 Å². The highest BCUT2D eigenvalue weighted by Crippen LogP contribution is 2.29. The molecule has 8 nitrogen and oxygen atoms in total. The number of nitrogens with zero attached hydrogens (tertiary/aromatic N) is 3. The zero-order valence-electron chi connectivity index (χ0n) is 9.33. The molecule has 0 radical (unpaired) electrons. The highest BCUT2D eigenvalue weighted by Gasteiger charge is 2.32. The van der Waals surface area contributed by atoms with Crippen molar-refractivity contribution in [1.29, 1.82) is 0 Å². The fourth-order valence-electron chi connectivity index (χ4n) is 1.98. The second kappa shape index (κ2) is 3.80. The molecule has 0 aromatic carbocycles. The maximum absolute atomic E-state index is 11.4. The summed E-state index contributed by atoms with van der Waals surface area (Å²) in [7, 11) is -2.96. The zero-order chi connectivity index (χ0) is 12.8. The van der Waals surface area contributed by atoms with Crippen molar-refractivity contribution in [2.75, 3.05) is 17.2 Å². The molecule has 1 aliphatic rings. The van der Waals surface area contributed by atoms with Crippen molar-refractivity contribution in [2.45, 2.75) is 12.3 Å². The Bertz CT molecular complexity index is 674. The first kappa shape index (κ1) is 11.2. The molecule has 1 atom stereocenters. The summed E-state index contributed by atoms with van der Waals surface area (Å²) in [6, 6.07) is 0. The number of rotatable bonds is 2. The Labute approximate surface area is 102 Å². The fourth-order valence-corrected chi connectivity index (χ4v) is 3.71. The number of hydrogen-bond donors (Lipinski definition) is 2. The zero-order valence-corrected chi connectivity index (χ0v) is 10.1. The molecule has 18 heavy (non-hydrogen) atoms. The molecular formula is C9H11N5O3S. The van der Waals surface area contributed by atoms with Gasteiger partial charge in [0.15, 0.2) is 15.7 Å². The molecule has 1 fully saturated rings. The molecule has 0 saturated carbocycles. The Kier molecular flexibility index (Phi) is 2.37. The lowest BCUT2D eigenvalue weighted by Gasteiger charge is -1.97. The van der Waals surface area contributed by atoms with E-state index in [-0.39, 0.29) is 23.3 Å². The van der Waals surface area contributed by atoms with E-state index in [2.05, 4.69) is 20.3 Å². The first-order valence-corrected chi connectivity index (χ1v) is 7.20. The number of sulfone groups is 1. The van der Waals surface area contributed by atoms with Gasteiger partial charge in [0.05, 0.1) is 17.7 Å². The highest BCUT2D eigenvalue weighted by atomic mass is 32.2. The van der Waals surface area contributed by atoms with Crippen molar-refractivity contribution in [3.05, 3.63) is 12.0 Å². The van der Waals surface area contributed by atoms with E-state index in [1.165, 1.54) is 6.20 Å². The molecule has 0 aliphatic carbocycles. The van der Waals surface area contributed by atoms with Crippen LogP contribution in [0.1, 0.15) is 18.2 Å². The molecule has 3 N–H and O–H groups in total. The van der Waals surface area contributed by atoms with Crippen LogP contribution in [0.3, 0.4) is 0 Å². The number of nitrogens with one attached hydrogen (secondary N) is 1. The monoisotopic (exact) mass is 269 g/mol. The standard InChI is InChI=1S/C9H11N5O3S/c10-7-6(3-11-13-7)9-12-8(14-17-9)5-1-2-18(15,16)4-5/h3,5H,1-2,4H2,(H3,10,11,13). The van der Waals surface area contributed by atoms with Crippen molar-refractivity contribution in [3.8, 4) is 11.5 Å². The molecule has 0 bridgehead atoms. The predicted octanol–water partition coefficient (Wildman–Crippen LogP) is -0.0560. The second-order valence-electron chi connectivity index (χ2n) is 4.26. The summed E-state index contributed by atoms with van der Waals surface area (Å²) >= 11 is 0. The van der Waals surface area contributed by atoms with Crippen LogP contribution >= 0.6 is 0 Å². The number of H-pyrrole nitrogens is 1. The summed E-state index contributed by atoms with van der Waals surface area (Å²) in [5.41, 5.74) is 6.16. The van der Waals surface area contributed by atoms with E-state index in [1.54, 1.807) is 0 Å². The van der Waals surface area contributed by atoms with Crippen molar-refractivity contribution in [2.24, 2.45) is 0 Å². The lowest BCUT2D eigenvalue weighted by Crippen LogP contribution is -2.05. The van der Waals surface area contributed by atoms with Crippen molar-refractivity contribution in [3.63, 3.8) is 0 Å². The van der Waals surface area contributed by atoms with Gasteiger partial charge in [-0.25, -0.2) is 8.42 Å². The third-order valence-corrected chi connectivity index (χ3v) is 4.71. The van der Waals surface area contributed by atoms with E-state index in [9.17, 15) is 8.42 Å². The average Bonchev–Trinajstić information content (AvgIpc) is 2.97. The van der Waals surface area contributed by atoms with Crippen molar-refractivity contribution >= 4 is 15.7 Å². The normalized spacial score (nSPS) is 22.3. The van der Waals surface area contributed by atoms with Gasteiger partial charge in [-0.3, -0.25) is 5.10 Å². The van der Waals surface area contributed by atoms with Gasteiger partial charge in [0.25, 0.3) is 5.89 Å². The van der Waals surface area contributed by atoms with Gasteiger partial charge in [-0.1, -0.05) is 5.16 Å². The van der Waals surface area contributed by atoms with E-state index in [0.717, 1.165) is 0 Å². The lowest BCUT2D eigenvalue weighted by atomic mass is 10.1. The number of hydrogen-bond acceptors (Lipinski definition) is 7. The largest absolute Gasteiger partial charge is 0.383 e. The van der Waals surface area contributed by atoms with Gasteiger partial charge in [-0.2, -0.15) is 10.1 Å². The quantitative estimate of drug-likeness (QED) is 0.781. The molecule has 1 aliphatic heterocycles. The van der Waals surface area contributed by atoms with Gasteiger partial charge >= 0.3 is 0 Å². The second-order valence-corrected chi connectivity index (χ2v) is 6.48.